The number of hydrogen-bond acceptors (Lipinski definition) is 4. The van der Waals surface area contributed by atoms with Crippen LogP contribution in [0.15, 0.2) is 11.8 Å². The average Bonchev–Trinajstić information content (AvgIpc) is 2.44. The molecule has 146 valence electrons. The molecular weight excluding hydrogens is 330 g/mol. The van der Waals surface area contributed by atoms with E-state index in [1.165, 1.54) is 7.11 Å². The van der Waals surface area contributed by atoms with Crippen LogP contribution in [-0.2, 0) is 14.0 Å². The molecule has 4 nitrogen and oxygen atoms in total. The molecule has 0 aromatic carbocycles. The molecule has 0 aromatic heterocycles. The third-order valence-corrected chi connectivity index (χ3v) is 10.1. The first-order valence-corrected chi connectivity index (χ1v) is 12.5. The molecule has 5 heteroatoms. The Kier molecular flexibility index (Phi) is 7.34. The van der Waals surface area contributed by atoms with Crippen LogP contribution in [0, 0.1) is 5.92 Å². The maximum Gasteiger partial charge on any atom is 0.310 e. The Balaban J connectivity index is 3.20. The topological polar surface area (TPSA) is 38.8 Å². The average molecular weight is 370 g/mol. The summed E-state index contributed by atoms with van der Waals surface area (Å²) in [5, 5.41) is 0.165. The van der Waals surface area contributed by atoms with Gasteiger partial charge in [0.2, 0.25) is 8.32 Å². The number of ether oxygens (including phenoxy) is 1. The number of allylic oxidation sites excluding steroid dienone is 1. The SMILES string of the molecule is COC(=O)[C@@H]1CCC(O[Si](C)(C)C(C)(C)C)=C[C@@H]1N(C(C)C)C(C)C. The summed E-state index contributed by atoms with van der Waals surface area (Å²) in [4.78, 5) is 14.8. The van der Waals surface area contributed by atoms with Crippen LogP contribution in [0.25, 0.3) is 0 Å². The molecule has 0 amide bonds. The van der Waals surface area contributed by atoms with Gasteiger partial charge < -0.3 is 9.16 Å². The molecular formula is C20H39NO3Si. The number of carbonyl (C=O) groups is 1. The van der Waals surface area contributed by atoms with Crippen LogP contribution in [0.2, 0.25) is 18.1 Å². The van der Waals surface area contributed by atoms with Gasteiger partial charge in [0.15, 0.2) is 0 Å². The minimum atomic E-state index is -1.87. The Hall–Kier alpha value is -0.813. The molecule has 0 heterocycles. The lowest BCUT2D eigenvalue weighted by Gasteiger charge is -2.44. The molecule has 1 rings (SSSR count). The quantitative estimate of drug-likeness (QED) is 0.490. The van der Waals surface area contributed by atoms with Crippen LogP contribution in [0.4, 0.5) is 0 Å². The van der Waals surface area contributed by atoms with Crippen molar-refractivity contribution in [1.29, 1.82) is 0 Å². The second kappa shape index (κ2) is 8.25. The van der Waals surface area contributed by atoms with Crippen molar-refractivity contribution < 1.29 is 14.0 Å². The van der Waals surface area contributed by atoms with E-state index in [-0.39, 0.29) is 23.0 Å². The third kappa shape index (κ3) is 5.33. The summed E-state index contributed by atoms with van der Waals surface area (Å²) >= 11 is 0. The number of esters is 1. The summed E-state index contributed by atoms with van der Waals surface area (Å²) < 4.78 is 11.7. The van der Waals surface area contributed by atoms with Gasteiger partial charge >= 0.3 is 5.97 Å². The molecule has 0 radical (unpaired) electrons. The fourth-order valence-electron chi connectivity index (χ4n) is 3.41. The van der Waals surface area contributed by atoms with Gasteiger partial charge in [0, 0.05) is 24.5 Å². The predicted octanol–water partition coefficient (Wildman–Crippen LogP) is 4.96. The first-order valence-electron chi connectivity index (χ1n) is 9.56. The van der Waals surface area contributed by atoms with Crippen LogP contribution in [0.5, 0.6) is 0 Å². The Morgan fingerprint density at radius 1 is 1.20 bits per heavy atom. The number of hydrogen-bond donors (Lipinski definition) is 0. The smallest absolute Gasteiger partial charge is 0.310 e. The highest BCUT2D eigenvalue weighted by Crippen LogP contribution is 2.40. The molecule has 1 aliphatic carbocycles. The highest BCUT2D eigenvalue weighted by Gasteiger charge is 2.42. The number of nitrogens with zero attached hydrogens (tertiary/aromatic N) is 1. The normalized spacial score (nSPS) is 22.4. The van der Waals surface area contributed by atoms with Gasteiger partial charge in [0.1, 0.15) is 0 Å². The van der Waals surface area contributed by atoms with Gasteiger partial charge in [-0.2, -0.15) is 0 Å². The van der Waals surface area contributed by atoms with E-state index < -0.39 is 8.32 Å². The summed E-state index contributed by atoms with van der Waals surface area (Å²) in [5.74, 6) is 0.823. The molecule has 0 saturated carbocycles. The van der Waals surface area contributed by atoms with E-state index in [1.54, 1.807) is 0 Å². The van der Waals surface area contributed by atoms with Crippen LogP contribution in [-0.4, -0.2) is 44.4 Å². The molecule has 0 aromatic rings. The van der Waals surface area contributed by atoms with Gasteiger partial charge in [0.25, 0.3) is 0 Å². The number of rotatable bonds is 6. The van der Waals surface area contributed by atoms with Crippen LogP contribution in [0.1, 0.15) is 61.3 Å². The summed E-state index contributed by atoms with van der Waals surface area (Å²) in [6.45, 7) is 20.1. The minimum Gasteiger partial charge on any atom is -0.547 e. The Morgan fingerprint density at radius 3 is 2.12 bits per heavy atom. The van der Waals surface area contributed by atoms with Crippen molar-refractivity contribution in [3.05, 3.63) is 11.8 Å². The first kappa shape index (κ1) is 22.2. The molecule has 0 spiro atoms. The van der Waals surface area contributed by atoms with Gasteiger partial charge in [-0.1, -0.05) is 20.8 Å². The second-order valence-electron chi connectivity index (χ2n) is 9.29. The Bertz CT molecular complexity index is 484. The molecule has 0 bridgehead atoms. The van der Waals surface area contributed by atoms with Crippen molar-refractivity contribution in [3.8, 4) is 0 Å². The second-order valence-corrected chi connectivity index (χ2v) is 14.0. The summed E-state index contributed by atoms with van der Waals surface area (Å²) in [7, 11) is -0.386. The molecule has 0 saturated heterocycles. The zero-order valence-electron chi connectivity index (χ0n) is 18.0. The van der Waals surface area contributed by atoms with Crippen LogP contribution in [0.3, 0.4) is 0 Å². The van der Waals surface area contributed by atoms with Gasteiger partial charge in [-0.3, -0.25) is 9.69 Å². The monoisotopic (exact) mass is 369 g/mol. The third-order valence-electron chi connectivity index (χ3n) is 5.70. The standard InChI is InChI=1S/C20H39NO3Si/c1-14(2)21(15(3)4)18-13-16(11-12-17(18)19(22)23-8)24-25(9,10)20(5,6)7/h13-15,17-18H,11-12H2,1-10H3/t17-,18+/m1/s1. The molecule has 2 atom stereocenters. The number of methoxy groups -OCH3 is 1. The molecule has 0 fully saturated rings. The lowest BCUT2D eigenvalue weighted by Crippen LogP contribution is -2.51. The van der Waals surface area contributed by atoms with E-state index in [0.29, 0.717) is 12.1 Å². The molecule has 1 aliphatic rings. The fourth-order valence-corrected chi connectivity index (χ4v) is 4.54. The van der Waals surface area contributed by atoms with E-state index in [1.807, 2.05) is 0 Å². The van der Waals surface area contributed by atoms with Gasteiger partial charge in [-0.05, 0) is 58.3 Å². The van der Waals surface area contributed by atoms with Crippen molar-refractivity contribution in [3.63, 3.8) is 0 Å². The predicted molar refractivity (Wildman–Crippen MR) is 107 cm³/mol. The van der Waals surface area contributed by atoms with Crippen molar-refractivity contribution in [1.82, 2.24) is 4.90 Å². The zero-order valence-corrected chi connectivity index (χ0v) is 19.0. The van der Waals surface area contributed by atoms with Crippen molar-refractivity contribution in [2.75, 3.05) is 7.11 Å². The van der Waals surface area contributed by atoms with Crippen LogP contribution < -0.4 is 0 Å². The first-order chi connectivity index (χ1) is 11.3. The van der Waals surface area contributed by atoms with Crippen molar-refractivity contribution in [2.45, 2.75) is 97.6 Å². The lowest BCUT2D eigenvalue weighted by atomic mass is 9.86. The number of carbonyl (C=O) groups excluding carboxylic acids is 1. The lowest BCUT2D eigenvalue weighted by molar-refractivity contribution is -0.148. The molecule has 0 unspecified atom stereocenters. The van der Waals surface area contributed by atoms with Crippen LogP contribution >= 0.6 is 0 Å². The van der Waals surface area contributed by atoms with Gasteiger partial charge in [-0.25, -0.2) is 0 Å². The Morgan fingerprint density at radius 2 is 1.72 bits per heavy atom. The highest BCUT2D eigenvalue weighted by molar-refractivity contribution is 6.74. The maximum atomic E-state index is 12.4. The summed E-state index contributed by atoms with van der Waals surface area (Å²) in [6, 6.07) is 0.724. The maximum absolute atomic E-state index is 12.4. The van der Waals surface area contributed by atoms with Gasteiger partial charge in [-0.15, -0.1) is 0 Å². The van der Waals surface area contributed by atoms with Crippen molar-refractivity contribution in [2.24, 2.45) is 5.92 Å². The van der Waals surface area contributed by atoms with E-state index in [0.717, 1.165) is 18.6 Å². The van der Waals surface area contributed by atoms with E-state index in [9.17, 15) is 4.79 Å². The van der Waals surface area contributed by atoms with Crippen molar-refractivity contribution >= 4 is 14.3 Å². The van der Waals surface area contributed by atoms with E-state index in [2.05, 4.69) is 72.5 Å². The zero-order chi connectivity index (χ0) is 19.6. The summed E-state index contributed by atoms with van der Waals surface area (Å²) in [5.41, 5.74) is 0. The molecule has 0 aliphatic heterocycles. The minimum absolute atomic E-state index is 0.0287. The fraction of sp³-hybridized carbons (Fsp3) is 0.850. The van der Waals surface area contributed by atoms with E-state index >= 15 is 0 Å². The molecule has 0 N–H and O–H groups in total. The molecule has 25 heavy (non-hydrogen) atoms. The highest BCUT2D eigenvalue weighted by atomic mass is 28.4. The van der Waals surface area contributed by atoms with Gasteiger partial charge in [0.05, 0.1) is 18.8 Å². The van der Waals surface area contributed by atoms with E-state index in [4.69, 9.17) is 9.16 Å². The Labute approximate surface area is 156 Å². The summed E-state index contributed by atoms with van der Waals surface area (Å²) in [6.07, 6.45) is 3.80. The largest absolute Gasteiger partial charge is 0.547 e.